The van der Waals surface area contributed by atoms with Crippen molar-refractivity contribution in [3.63, 3.8) is 0 Å². The van der Waals surface area contributed by atoms with Gasteiger partial charge in [0.1, 0.15) is 11.7 Å². The molecular formula is C18H24O3. The molecular weight excluding hydrogens is 264 g/mol. The molecule has 2 saturated carbocycles. The molecule has 1 spiro atoms. The fourth-order valence-electron chi connectivity index (χ4n) is 5.59. The molecule has 1 saturated heterocycles. The van der Waals surface area contributed by atoms with Gasteiger partial charge >= 0.3 is 0 Å². The standard InChI is InChI=1S/C18H24O3/c1-16(2)10-9-12(19)17(3)13(11-7-5-4-6-8-11)14(20)15-18(16,17)21-15/h4-8,12-15,19-20H,9-10H2,1-3H3/t12-,13+,14+,15+,17-,18-/m0/s1. The molecule has 0 unspecified atom stereocenters. The maximum atomic E-state index is 10.9. The van der Waals surface area contributed by atoms with Crippen molar-refractivity contribution in [3.05, 3.63) is 35.9 Å². The molecule has 1 aromatic carbocycles. The van der Waals surface area contributed by atoms with Gasteiger partial charge in [0.05, 0.1) is 12.2 Å². The zero-order valence-electron chi connectivity index (χ0n) is 12.9. The van der Waals surface area contributed by atoms with Crippen LogP contribution in [-0.4, -0.2) is 34.1 Å². The van der Waals surface area contributed by atoms with Gasteiger partial charge in [0, 0.05) is 11.3 Å². The monoisotopic (exact) mass is 288 g/mol. The summed E-state index contributed by atoms with van der Waals surface area (Å²) in [7, 11) is 0. The third kappa shape index (κ3) is 1.36. The Balaban J connectivity index is 1.88. The van der Waals surface area contributed by atoms with Crippen molar-refractivity contribution in [2.45, 2.75) is 63.4 Å². The summed E-state index contributed by atoms with van der Waals surface area (Å²) < 4.78 is 6.09. The van der Waals surface area contributed by atoms with E-state index in [1.165, 1.54) is 0 Å². The number of epoxide rings is 1. The first-order chi connectivity index (χ1) is 9.86. The van der Waals surface area contributed by atoms with Crippen molar-refractivity contribution in [3.8, 4) is 0 Å². The number of ether oxygens (including phenoxy) is 1. The fourth-order valence-corrected chi connectivity index (χ4v) is 5.59. The van der Waals surface area contributed by atoms with Gasteiger partial charge in [0.2, 0.25) is 0 Å². The Hall–Kier alpha value is -0.900. The summed E-state index contributed by atoms with van der Waals surface area (Å²) in [5.74, 6) is -0.0629. The SMILES string of the molecule is CC1(C)CC[C@H](O)[C@@]2(C)[C@H](c3ccccc3)[C@@H](O)[C@H]3O[C@@]312. The minimum absolute atomic E-state index is 0.0177. The van der Waals surface area contributed by atoms with Crippen molar-refractivity contribution in [1.29, 1.82) is 0 Å². The molecule has 2 N–H and O–H groups in total. The summed E-state index contributed by atoms with van der Waals surface area (Å²) in [6.07, 6.45) is 0.603. The average Bonchev–Trinajstić information content (AvgIpc) is 3.18. The van der Waals surface area contributed by atoms with Gasteiger partial charge in [-0.15, -0.1) is 0 Å². The van der Waals surface area contributed by atoms with Crippen LogP contribution in [0.5, 0.6) is 0 Å². The Morgan fingerprint density at radius 2 is 1.76 bits per heavy atom. The number of aliphatic hydroxyl groups excluding tert-OH is 2. The maximum absolute atomic E-state index is 10.9. The van der Waals surface area contributed by atoms with Crippen molar-refractivity contribution in [2.24, 2.45) is 10.8 Å². The Morgan fingerprint density at radius 1 is 1.10 bits per heavy atom. The van der Waals surface area contributed by atoms with Crippen molar-refractivity contribution < 1.29 is 14.9 Å². The van der Waals surface area contributed by atoms with E-state index in [0.717, 1.165) is 18.4 Å². The number of aliphatic hydroxyl groups is 2. The predicted molar refractivity (Wildman–Crippen MR) is 79.9 cm³/mol. The smallest absolute Gasteiger partial charge is 0.115 e. The quantitative estimate of drug-likeness (QED) is 0.781. The van der Waals surface area contributed by atoms with E-state index in [1.54, 1.807) is 0 Å². The summed E-state index contributed by atoms with van der Waals surface area (Å²) in [6.45, 7) is 6.56. The third-order valence-electron chi connectivity index (χ3n) is 6.65. The molecule has 0 radical (unpaired) electrons. The highest BCUT2D eigenvalue weighted by Crippen LogP contribution is 2.76. The Labute approximate surface area is 125 Å². The Morgan fingerprint density at radius 3 is 2.43 bits per heavy atom. The lowest BCUT2D eigenvalue weighted by Crippen LogP contribution is -2.58. The Kier molecular flexibility index (Phi) is 2.55. The predicted octanol–water partition coefficient (Wildman–Crippen LogP) is 2.47. The second-order valence-corrected chi connectivity index (χ2v) is 7.87. The van der Waals surface area contributed by atoms with Crippen LogP contribution in [0.4, 0.5) is 0 Å². The van der Waals surface area contributed by atoms with Crippen molar-refractivity contribution in [2.75, 3.05) is 0 Å². The molecule has 1 aromatic rings. The second-order valence-electron chi connectivity index (χ2n) is 7.87. The second kappa shape index (κ2) is 3.89. The van der Waals surface area contributed by atoms with Gasteiger partial charge in [-0.25, -0.2) is 0 Å². The van der Waals surface area contributed by atoms with E-state index < -0.39 is 23.2 Å². The fraction of sp³-hybridized carbons (Fsp3) is 0.667. The van der Waals surface area contributed by atoms with Crippen LogP contribution in [0, 0.1) is 10.8 Å². The minimum atomic E-state index is -0.538. The normalized spacial score (nSPS) is 50.3. The molecule has 3 aliphatic rings. The van der Waals surface area contributed by atoms with E-state index in [1.807, 2.05) is 18.2 Å². The van der Waals surface area contributed by atoms with Crippen LogP contribution in [-0.2, 0) is 4.74 Å². The molecule has 0 aromatic heterocycles. The summed E-state index contributed by atoms with van der Waals surface area (Å²) in [4.78, 5) is 0. The summed E-state index contributed by atoms with van der Waals surface area (Å²) in [5, 5.41) is 21.7. The first-order valence-electron chi connectivity index (χ1n) is 7.95. The molecule has 114 valence electrons. The van der Waals surface area contributed by atoms with Crippen molar-refractivity contribution >= 4 is 0 Å². The van der Waals surface area contributed by atoms with Crippen molar-refractivity contribution in [1.82, 2.24) is 0 Å². The largest absolute Gasteiger partial charge is 0.392 e. The van der Waals surface area contributed by atoms with Gasteiger partial charge in [0.15, 0.2) is 0 Å². The van der Waals surface area contributed by atoms with Gasteiger partial charge in [-0.2, -0.15) is 0 Å². The summed E-state index contributed by atoms with van der Waals surface area (Å²) in [5.41, 5.74) is 0.271. The number of rotatable bonds is 1. The van der Waals surface area contributed by atoms with Crippen LogP contribution in [0.1, 0.15) is 45.1 Å². The highest BCUT2D eigenvalue weighted by Gasteiger charge is 2.85. The molecule has 0 amide bonds. The van der Waals surface area contributed by atoms with Gasteiger partial charge in [-0.05, 0) is 23.8 Å². The van der Waals surface area contributed by atoms with E-state index >= 15 is 0 Å². The first kappa shape index (κ1) is 13.7. The van der Waals surface area contributed by atoms with E-state index in [0.29, 0.717) is 0 Å². The van der Waals surface area contributed by atoms with E-state index in [-0.39, 0.29) is 17.4 Å². The van der Waals surface area contributed by atoms with Crippen LogP contribution in [0.2, 0.25) is 0 Å². The maximum Gasteiger partial charge on any atom is 0.115 e. The molecule has 2 aliphatic carbocycles. The molecule has 1 aliphatic heterocycles. The molecule has 3 fully saturated rings. The lowest BCUT2D eigenvalue weighted by atomic mass is 9.52. The zero-order valence-corrected chi connectivity index (χ0v) is 12.9. The molecule has 1 heterocycles. The van der Waals surface area contributed by atoms with Gasteiger partial charge in [0.25, 0.3) is 0 Å². The molecule has 3 heteroatoms. The lowest BCUT2D eigenvalue weighted by Gasteiger charge is -2.53. The Bertz CT molecular complexity index is 569. The molecule has 0 bridgehead atoms. The van der Waals surface area contributed by atoms with Crippen LogP contribution in [0.25, 0.3) is 0 Å². The molecule has 4 rings (SSSR count). The molecule has 6 atom stereocenters. The highest BCUT2D eigenvalue weighted by molar-refractivity contribution is 5.40. The van der Waals surface area contributed by atoms with Crippen LogP contribution in [0.3, 0.4) is 0 Å². The zero-order chi connectivity index (χ0) is 15.0. The van der Waals surface area contributed by atoms with Gasteiger partial charge in [-0.1, -0.05) is 51.1 Å². The van der Waals surface area contributed by atoms with E-state index in [4.69, 9.17) is 4.74 Å². The van der Waals surface area contributed by atoms with Crippen LogP contribution in [0.15, 0.2) is 30.3 Å². The highest BCUT2D eigenvalue weighted by atomic mass is 16.6. The van der Waals surface area contributed by atoms with Crippen LogP contribution >= 0.6 is 0 Å². The summed E-state index contributed by atoms with van der Waals surface area (Å²) >= 11 is 0. The first-order valence-corrected chi connectivity index (χ1v) is 7.95. The number of benzene rings is 1. The minimum Gasteiger partial charge on any atom is -0.392 e. The van der Waals surface area contributed by atoms with E-state index in [9.17, 15) is 10.2 Å². The topological polar surface area (TPSA) is 53.0 Å². The molecule has 3 nitrogen and oxygen atoms in total. The number of hydrogen-bond acceptors (Lipinski definition) is 3. The van der Waals surface area contributed by atoms with Gasteiger partial charge in [-0.3, -0.25) is 0 Å². The third-order valence-corrected chi connectivity index (χ3v) is 6.65. The van der Waals surface area contributed by atoms with E-state index in [2.05, 4.69) is 32.9 Å². The number of hydrogen-bond donors (Lipinski definition) is 2. The van der Waals surface area contributed by atoms with Crippen LogP contribution < -0.4 is 0 Å². The lowest BCUT2D eigenvalue weighted by molar-refractivity contribution is -0.136. The summed E-state index contributed by atoms with van der Waals surface area (Å²) in [6, 6.07) is 10.1. The molecule has 21 heavy (non-hydrogen) atoms. The van der Waals surface area contributed by atoms with Gasteiger partial charge < -0.3 is 14.9 Å². The average molecular weight is 288 g/mol.